The van der Waals surface area contributed by atoms with E-state index >= 15 is 0 Å². The van der Waals surface area contributed by atoms with Gasteiger partial charge in [0.2, 0.25) is 0 Å². The molecule has 1 fully saturated rings. The number of aliphatic hydroxyl groups excluding tert-OH is 1. The fraction of sp³-hybridized carbons (Fsp3) is 1.00. The van der Waals surface area contributed by atoms with E-state index in [9.17, 15) is 10.2 Å². The summed E-state index contributed by atoms with van der Waals surface area (Å²) in [6, 6.07) is 0. The monoisotopic (exact) mass is 158 g/mol. The van der Waals surface area contributed by atoms with Gasteiger partial charge in [-0.2, -0.15) is 0 Å². The summed E-state index contributed by atoms with van der Waals surface area (Å²) in [6.45, 7) is 3.71. The maximum atomic E-state index is 9.65. The zero-order chi connectivity index (χ0) is 8.48. The van der Waals surface area contributed by atoms with Crippen LogP contribution < -0.4 is 0 Å². The third kappa shape index (κ3) is 2.46. The molecule has 66 valence electrons. The molecule has 0 saturated heterocycles. The van der Waals surface area contributed by atoms with Gasteiger partial charge in [0.25, 0.3) is 0 Å². The molecule has 0 atom stereocenters. The lowest BCUT2D eigenvalue weighted by Gasteiger charge is -2.34. The third-order valence-corrected chi connectivity index (χ3v) is 2.70. The van der Waals surface area contributed by atoms with Crippen LogP contribution in [0.3, 0.4) is 0 Å². The van der Waals surface area contributed by atoms with E-state index in [2.05, 4.69) is 0 Å². The van der Waals surface area contributed by atoms with Gasteiger partial charge < -0.3 is 10.2 Å². The standard InChI is InChI=1S/C9H18O2/c1-9(2,11)7-3-5-8(10)6-4-7/h7-8,10-11H,3-6H2,1-2H3/t7-,8-. The molecule has 1 rings (SSSR count). The van der Waals surface area contributed by atoms with Gasteiger partial charge >= 0.3 is 0 Å². The zero-order valence-electron chi connectivity index (χ0n) is 7.38. The first-order chi connectivity index (χ1) is 5.00. The van der Waals surface area contributed by atoms with Crippen molar-refractivity contribution in [2.45, 2.75) is 51.2 Å². The van der Waals surface area contributed by atoms with Crippen LogP contribution in [0.4, 0.5) is 0 Å². The summed E-state index contributed by atoms with van der Waals surface area (Å²) in [5, 5.41) is 18.9. The Kier molecular flexibility index (Phi) is 2.55. The van der Waals surface area contributed by atoms with Gasteiger partial charge in [0, 0.05) is 0 Å². The molecule has 0 aromatic heterocycles. The molecule has 0 aliphatic heterocycles. The van der Waals surface area contributed by atoms with E-state index in [0.29, 0.717) is 5.92 Å². The topological polar surface area (TPSA) is 40.5 Å². The predicted molar refractivity (Wildman–Crippen MR) is 44.3 cm³/mol. The Morgan fingerprint density at radius 3 is 1.91 bits per heavy atom. The molecule has 1 aliphatic rings. The Morgan fingerprint density at radius 1 is 1.09 bits per heavy atom. The molecule has 0 radical (unpaired) electrons. The molecule has 0 amide bonds. The fourth-order valence-electron chi connectivity index (χ4n) is 1.78. The quantitative estimate of drug-likeness (QED) is 0.604. The maximum absolute atomic E-state index is 9.65. The maximum Gasteiger partial charge on any atom is 0.0619 e. The van der Waals surface area contributed by atoms with Crippen LogP contribution in [0.2, 0.25) is 0 Å². The van der Waals surface area contributed by atoms with Crippen molar-refractivity contribution in [1.29, 1.82) is 0 Å². The highest BCUT2D eigenvalue weighted by Crippen LogP contribution is 2.32. The van der Waals surface area contributed by atoms with Crippen molar-refractivity contribution in [3.8, 4) is 0 Å². The number of hydrogen-bond donors (Lipinski definition) is 2. The van der Waals surface area contributed by atoms with Crippen LogP contribution >= 0.6 is 0 Å². The van der Waals surface area contributed by atoms with Crippen molar-refractivity contribution in [3.05, 3.63) is 0 Å². The van der Waals surface area contributed by atoms with Gasteiger partial charge in [-0.25, -0.2) is 0 Å². The molecule has 0 unspecified atom stereocenters. The highest BCUT2D eigenvalue weighted by Gasteiger charge is 2.30. The molecular formula is C9H18O2. The van der Waals surface area contributed by atoms with E-state index in [1.54, 1.807) is 0 Å². The first-order valence-corrected chi connectivity index (χ1v) is 4.40. The third-order valence-electron chi connectivity index (χ3n) is 2.70. The SMILES string of the molecule is CC(C)(O)[C@H]1CC[C@H](O)CC1. The molecule has 0 aromatic rings. The van der Waals surface area contributed by atoms with E-state index in [1.165, 1.54) is 0 Å². The summed E-state index contributed by atoms with van der Waals surface area (Å²) in [7, 11) is 0. The molecule has 0 heterocycles. The predicted octanol–water partition coefficient (Wildman–Crippen LogP) is 1.31. The van der Waals surface area contributed by atoms with Crippen LogP contribution in [0, 0.1) is 5.92 Å². The second kappa shape index (κ2) is 3.11. The molecule has 2 N–H and O–H groups in total. The Morgan fingerprint density at radius 2 is 1.55 bits per heavy atom. The first-order valence-electron chi connectivity index (χ1n) is 4.40. The van der Waals surface area contributed by atoms with Crippen LogP contribution in [0.15, 0.2) is 0 Å². The van der Waals surface area contributed by atoms with Crippen molar-refractivity contribution >= 4 is 0 Å². The molecule has 2 heteroatoms. The van der Waals surface area contributed by atoms with Crippen molar-refractivity contribution in [2.24, 2.45) is 5.92 Å². The minimum Gasteiger partial charge on any atom is -0.393 e. The highest BCUT2D eigenvalue weighted by atomic mass is 16.3. The van der Waals surface area contributed by atoms with Gasteiger partial charge in [-0.15, -0.1) is 0 Å². The second-order valence-electron chi connectivity index (χ2n) is 4.16. The first kappa shape index (κ1) is 9.01. The van der Waals surface area contributed by atoms with Crippen molar-refractivity contribution in [3.63, 3.8) is 0 Å². The summed E-state index contributed by atoms with van der Waals surface area (Å²) in [5.74, 6) is 0.380. The Balaban J connectivity index is 2.39. The van der Waals surface area contributed by atoms with Gasteiger partial charge in [0.15, 0.2) is 0 Å². The Labute approximate surface area is 68.2 Å². The summed E-state index contributed by atoms with van der Waals surface area (Å²) >= 11 is 0. The van der Waals surface area contributed by atoms with Gasteiger partial charge in [-0.3, -0.25) is 0 Å². The molecular weight excluding hydrogens is 140 g/mol. The smallest absolute Gasteiger partial charge is 0.0619 e. The van der Waals surface area contributed by atoms with E-state index in [4.69, 9.17) is 0 Å². The lowest BCUT2D eigenvalue weighted by Crippen LogP contribution is -2.34. The molecule has 2 nitrogen and oxygen atoms in total. The molecule has 1 saturated carbocycles. The van der Waals surface area contributed by atoms with Crippen molar-refractivity contribution in [1.82, 2.24) is 0 Å². The normalized spacial score (nSPS) is 33.8. The van der Waals surface area contributed by atoms with Gasteiger partial charge in [0.05, 0.1) is 11.7 Å². The molecule has 0 spiro atoms. The fourth-order valence-corrected chi connectivity index (χ4v) is 1.78. The summed E-state index contributed by atoms with van der Waals surface area (Å²) in [5.41, 5.74) is -0.555. The molecule has 0 aromatic carbocycles. The van der Waals surface area contributed by atoms with Gasteiger partial charge in [-0.05, 0) is 45.4 Å². The number of rotatable bonds is 1. The lowest BCUT2D eigenvalue weighted by molar-refractivity contribution is -0.0188. The van der Waals surface area contributed by atoms with Gasteiger partial charge in [-0.1, -0.05) is 0 Å². The Hall–Kier alpha value is -0.0800. The van der Waals surface area contributed by atoms with Gasteiger partial charge in [0.1, 0.15) is 0 Å². The molecule has 11 heavy (non-hydrogen) atoms. The van der Waals surface area contributed by atoms with Crippen LogP contribution in [-0.2, 0) is 0 Å². The summed E-state index contributed by atoms with van der Waals surface area (Å²) in [6.07, 6.45) is 3.52. The average molecular weight is 158 g/mol. The van der Waals surface area contributed by atoms with E-state index in [0.717, 1.165) is 25.7 Å². The van der Waals surface area contributed by atoms with Crippen molar-refractivity contribution in [2.75, 3.05) is 0 Å². The largest absolute Gasteiger partial charge is 0.393 e. The number of aliphatic hydroxyl groups is 2. The second-order valence-corrected chi connectivity index (χ2v) is 4.16. The van der Waals surface area contributed by atoms with E-state index in [-0.39, 0.29) is 6.10 Å². The van der Waals surface area contributed by atoms with Crippen LogP contribution in [0.1, 0.15) is 39.5 Å². The minimum absolute atomic E-state index is 0.117. The molecule has 0 bridgehead atoms. The van der Waals surface area contributed by atoms with Crippen LogP contribution in [0.5, 0.6) is 0 Å². The molecule has 1 aliphatic carbocycles. The average Bonchev–Trinajstić information content (AvgIpc) is 1.86. The van der Waals surface area contributed by atoms with E-state index < -0.39 is 5.60 Å². The van der Waals surface area contributed by atoms with Crippen LogP contribution in [-0.4, -0.2) is 21.9 Å². The zero-order valence-corrected chi connectivity index (χ0v) is 7.38. The van der Waals surface area contributed by atoms with E-state index in [1.807, 2.05) is 13.8 Å². The van der Waals surface area contributed by atoms with Crippen LogP contribution in [0.25, 0.3) is 0 Å². The summed E-state index contributed by atoms with van der Waals surface area (Å²) in [4.78, 5) is 0. The lowest BCUT2D eigenvalue weighted by atomic mass is 9.78. The minimum atomic E-state index is -0.555. The Bertz CT molecular complexity index is 118. The summed E-state index contributed by atoms with van der Waals surface area (Å²) < 4.78 is 0. The van der Waals surface area contributed by atoms with Crippen molar-refractivity contribution < 1.29 is 10.2 Å². The number of hydrogen-bond acceptors (Lipinski definition) is 2. The highest BCUT2D eigenvalue weighted by molar-refractivity contribution is 4.82.